The number of aromatic nitrogens is 1. The molecule has 0 fully saturated rings. The Labute approximate surface area is 91.2 Å². The average Bonchev–Trinajstić information content (AvgIpc) is 2.25. The number of nitrogens with one attached hydrogen (secondary N) is 1. The van der Waals surface area contributed by atoms with E-state index in [2.05, 4.69) is 16.9 Å². The number of methoxy groups -OCH3 is 1. The smallest absolute Gasteiger partial charge is 0.212 e. The van der Waals surface area contributed by atoms with E-state index >= 15 is 0 Å². The normalized spacial score (nSPS) is 10.0. The van der Waals surface area contributed by atoms with Crippen molar-refractivity contribution >= 4 is 0 Å². The molecule has 0 atom stereocenters. The molecule has 1 N–H and O–H groups in total. The Hall–Kier alpha value is -1.35. The fourth-order valence-corrected chi connectivity index (χ4v) is 1.17. The number of ether oxygens (including phenoxy) is 1. The lowest BCUT2D eigenvalue weighted by atomic mass is 10.2. The van der Waals surface area contributed by atoms with Gasteiger partial charge in [-0.05, 0) is 25.5 Å². The highest BCUT2D eigenvalue weighted by atomic mass is 16.5. The molecule has 0 unspecified atom stereocenters. The van der Waals surface area contributed by atoms with Crippen LogP contribution in [0.3, 0.4) is 0 Å². The number of hydrogen-bond acceptors (Lipinski definition) is 3. The van der Waals surface area contributed by atoms with Gasteiger partial charge in [0.15, 0.2) is 0 Å². The zero-order valence-corrected chi connectivity index (χ0v) is 9.42. The van der Waals surface area contributed by atoms with E-state index in [0.29, 0.717) is 5.88 Å². The van der Waals surface area contributed by atoms with Gasteiger partial charge >= 0.3 is 0 Å². The van der Waals surface area contributed by atoms with Crippen molar-refractivity contribution in [1.29, 1.82) is 0 Å². The Bertz CT molecular complexity index is 306. The van der Waals surface area contributed by atoms with E-state index in [1.807, 2.05) is 25.3 Å². The van der Waals surface area contributed by atoms with Crippen LogP contribution in [-0.2, 0) is 6.54 Å². The topological polar surface area (TPSA) is 34.1 Å². The van der Waals surface area contributed by atoms with Gasteiger partial charge in [0.1, 0.15) is 0 Å². The van der Waals surface area contributed by atoms with Crippen molar-refractivity contribution in [3.8, 4) is 5.88 Å². The van der Waals surface area contributed by atoms with Crippen molar-refractivity contribution in [2.75, 3.05) is 13.7 Å². The molecule has 15 heavy (non-hydrogen) atoms. The standard InChI is InChI=1S/C12H18N2O/c1-10(2)6-7-13-8-11-4-5-12(15-3)14-9-11/h4-5,9,13H,1,6-8H2,2-3H3. The Morgan fingerprint density at radius 2 is 2.33 bits per heavy atom. The predicted octanol–water partition coefficient (Wildman–Crippen LogP) is 2.15. The highest BCUT2D eigenvalue weighted by Gasteiger charge is 1.95. The van der Waals surface area contributed by atoms with Gasteiger partial charge in [-0.3, -0.25) is 0 Å². The quantitative estimate of drug-likeness (QED) is 0.572. The molecule has 1 aromatic rings. The molecule has 0 radical (unpaired) electrons. The molecule has 82 valence electrons. The Morgan fingerprint density at radius 1 is 1.53 bits per heavy atom. The van der Waals surface area contributed by atoms with Crippen LogP contribution in [0, 0.1) is 0 Å². The van der Waals surface area contributed by atoms with Crippen molar-refractivity contribution in [2.45, 2.75) is 19.9 Å². The lowest BCUT2D eigenvalue weighted by Gasteiger charge is -2.05. The first kappa shape index (κ1) is 11.7. The minimum atomic E-state index is 0.653. The molecule has 3 heteroatoms. The van der Waals surface area contributed by atoms with Gasteiger partial charge in [-0.25, -0.2) is 4.98 Å². The molecule has 1 rings (SSSR count). The Balaban J connectivity index is 2.28. The fourth-order valence-electron chi connectivity index (χ4n) is 1.17. The maximum atomic E-state index is 4.98. The lowest BCUT2D eigenvalue weighted by Crippen LogP contribution is -2.14. The third-order valence-corrected chi connectivity index (χ3v) is 2.06. The van der Waals surface area contributed by atoms with Crippen molar-refractivity contribution < 1.29 is 4.74 Å². The van der Waals surface area contributed by atoms with Crippen molar-refractivity contribution in [1.82, 2.24) is 10.3 Å². The number of pyridine rings is 1. The lowest BCUT2D eigenvalue weighted by molar-refractivity contribution is 0.397. The second-order valence-electron chi connectivity index (χ2n) is 3.59. The summed E-state index contributed by atoms with van der Waals surface area (Å²) in [7, 11) is 1.62. The summed E-state index contributed by atoms with van der Waals surface area (Å²) < 4.78 is 4.98. The van der Waals surface area contributed by atoms with Gasteiger partial charge in [0, 0.05) is 18.8 Å². The SMILES string of the molecule is C=C(C)CCNCc1ccc(OC)nc1. The van der Waals surface area contributed by atoms with Crippen molar-refractivity contribution in [2.24, 2.45) is 0 Å². The monoisotopic (exact) mass is 206 g/mol. The van der Waals surface area contributed by atoms with E-state index in [-0.39, 0.29) is 0 Å². The van der Waals surface area contributed by atoms with Crippen LogP contribution in [0.5, 0.6) is 5.88 Å². The molecule has 0 aliphatic rings. The summed E-state index contributed by atoms with van der Waals surface area (Å²) in [4.78, 5) is 4.13. The molecule has 0 saturated heterocycles. The highest BCUT2D eigenvalue weighted by molar-refractivity contribution is 5.17. The Kier molecular flexibility index (Phi) is 4.84. The number of rotatable bonds is 6. The minimum absolute atomic E-state index is 0.653. The molecule has 0 spiro atoms. The summed E-state index contributed by atoms with van der Waals surface area (Å²) in [5, 5.41) is 3.33. The summed E-state index contributed by atoms with van der Waals surface area (Å²) in [6, 6.07) is 3.88. The van der Waals surface area contributed by atoms with E-state index in [1.165, 1.54) is 5.57 Å². The molecule has 0 bridgehead atoms. The van der Waals surface area contributed by atoms with Gasteiger partial charge in [-0.2, -0.15) is 0 Å². The molecule has 1 aromatic heterocycles. The molecular formula is C12H18N2O. The van der Waals surface area contributed by atoms with Crippen molar-refractivity contribution in [3.63, 3.8) is 0 Å². The molecule has 0 aliphatic carbocycles. The number of hydrogen-bond donors (Lipinski definition) is 1. The summed E-state index contributed by atoms with van der Waals surface area (Å²) in [6.07, 6.45) is 2.84. The second kappa shape index (κ2) is 6.19. The highest BCUT2D eigenvalue weighted by Crippen LogP contribution is 2.06. The molecule has 0 aliphatic heterocycles. The van der Waals surface area contributed by atoms with Gasteiger partial charge < -0.3 is 10.1 Å². The zero-order chi connectivity index (χ0) is 11.1. The zero-order valence-electron chi connectivity index (χ0n) is 9.42. The van der Waals surface area contributed by atoms with Crippen LogP contribution in [0.15, 0.2) is 30.5 Å². The molecule has 0 amide bonds. The minimum Gasteiger partial charge on any atom is -0.481 e. The van der Waals surface area contributed by atoms with Gasteiger partial charge in [0.2, 0.25) is 5.88 Å². The molecular weight excluding hydrogens is 188 g/mol. The van der Waals surface area contributed by atoms with E-state index in [9.17, 15) is 0 Å². The molecule has 1 heterocycles. The van der Waals surface area contributed by atoms with Crippen molar-refractivity contribution in [3.05, 3.63) is 36.0 Å². The largest absolute Gasteiger partial charge is 0.481 e. The second-order valence-corrected chi connectivity index (χ2v) is 3.59. The first-order chi connectivity index (χ1) is 7.22. The summed E-state index contributed by atoms with van der Waals surface area (Å²) in [5.74, 6) is 0.653. The first-order valence-corrected chi connectivity index (χ1v) is 5.06. The van der Waals surface area contributed by atoms with Crippen LogP contribution < -0.4 is 10.1 Å². The summed E-state index contributed by atoms with van der Waals surface area (Å²) >= 11 is 0. The van der Waals surface area contributed by atoms with Crippen LogP contribution in [0.4, 0.5) is 0 Å². The third-order valence-electron chi connectivity index (χ3n) is 2.06. The van der Waals surface area contributed by atoms with Crippen LogP contribution in [0.25, 0.3) is 0 Å². The first-order valence-electron chi connectivity index (χ1n) is 5.06. The van der Waals surface area contributed by atoms with Gasteiger partial charge in [-0.1, -0.05) is 11.6 Å². The summed E-state index contributed by atoms with van der Waals surface area (Å²) in [6.45, 7) is 7.69. The fraction of sp³-hybridized carbons (Fsp3) is 0.417. The Morgan fingerprint density at radius 3 is 2.87 bits per heavy atom. The van der Waals surface area contributed by atoms with E-state index in [1.54, 1.807) is 7.11 Å². The molecule has 0 aromatic carbocycles. The summed E-state index contributed by atoms with van der Waals surface area (Å²) in [5.41, 5.74) is 2.37. The van der Waals surface area contributed by atoms with Crippen LogP contribution in [0.2, 0.25) is 0 Å². The maximum Gasteiger partial charge on any atom is 0.212 e. The van der Waals surface area contributed by atoms with Gasteiger partial charge in [0.25, 0.3) is 0 Å². The number of nitrogens with zero attached hydrogens (tertiary/aromatic N) is 1. The molecule has 3 nitrogen and oxygen atoms in total. The van der Waals surface area contributed by atoms with E-state index in [4.69, 9.17) is 4.74 Å². The van der Waals surface area contributed by atoms with Crippen LogP contribution in [0.1, 0.15) is 18.9 Å². The van der Waals surface area contributed by atoms with Crippen LogP contribution in [-0.4, -0.2) is 18.6 Å². The predicted molar refractivity (Wildman–Crippen MR) is 61.9 cm³/mol. The van der Waals surface area contributed by atoms with Gasteiger partial charge in [-0.15, -0.1) is 6.58 Å². The van der Waals surface area contributed by atoms with Gasteiger partial charge in [0.05, 0.1) is 7.11 Å². The average molecular weight is 206 g/mol. The maximum absolute atomic E-state index is 4.98. The van der Waals surface area contributed by atoms with Crippen LogP contribution >= 0.6 is 0 Å². The third kappa shape index (κ3) is 4.61. The molecule has 0 saturated carbocycles. The van der Waals surface area contributed by atoms with E-state index in [0.717, 1.165) is 25.1 Å². The van der Waals surface area contributed by atoms with E-state index < -0.39 is 0 Å².